The van der Waals surface area contributed by atoms with Crippen molar-refractivity contribution in [2.75, 3.05) is 26.4 Å². The van der Waals surface area contributed by atoms with Gasteiger partial charge in [0.15, 0.2) is 0 Å². The highest BCUT2D eigenvalue weighted by Crippen LogP contribution is 1.98. The molecule has 2 heterocycles. The van der Waals surface area contributed by atoms with Crippen molar-refractivity contribution < 1.29 is 9.47 Å². The molecular formula is C8H16AlIO2. The fraction of sp³-hybridized carbons (Fsp3) is 1.00. The lowest BCUT2D eigenvalue weighted by Crippen LogP contribution is -1.74. The molecule has 0 saturated carbocycles. The summed E-state index contributed by atoms with van der Waals surface area (Å²) in [5.41, 5.74) is 0. The van der Waals surface area contributed by atoms with Crippen molar-refractivity contribution >= 4 is 33.3 Å². The summed E-state index contributed by atoms with van der Waals surface area (Å²) in [6.45, 7) is 4.00. The zero-order valence-electron chi connectivity index (χ0n) is 7.43. The van der Waals surface area contributed by atoms with Crippen LogP contribution in [0.25, 0.3) is 0 Å². The SMILES string of the molecule is C1CCOC1.C1CCOC1.[Al][I]. The molecule has 2 rings (SSSR count). The quantitative estimate of drug-likeness (QED) is 0.504. The first kappa shape index (κ1) is 13.2. The molecule has 12 heavy (non-hydrogen) atoms. The van der Waals surface area contributed by atoms with E-state index in [0.29, 0.717) is 0 Å². The Bertz CT molecular complexity index is 50.2. The molecule has 2 aliphatic heterocycles. The van der Waals surface area contributed by atoms with E-state index in [2.05, 4.69) is 33.3 Å². The Balaban J connectivity index is 0.000000168. The Kier molecular flexibility index (Phi) is 13.4. The number of hydrogen-bond acceptors (Lipinski definition) is 2. The van der Waals surface area contributed by atoms with E-state index < -0.39 is 0 Å². The first-order valence-electron chi connectivity index (χ1n) is 4.37. The van der Waals surface area contributed by atoms with Gasteiger partial charge in [-0.25, -0.2) is 20.3 Å². The fourth-order valence-corrected chi connectivity index (χ4v) is 1.02. The lowest BCUT2D eigenvalue weighted by atomic mass is 10.4. The molecule has 2 aliphatic rings. The smallest absolute Gasteiger partial charge is 0.243 e. The lowest BCUT2D eigenvalue weighted by molar-refractivity contribution is 0.198. The van der Waals surface area contributed by atoms with Gasteiger partial charge in [0, 0.05) is 26.4 Å². The molecule has 0 aromatic carbocycles. The highest BCUT2D eigenvalue weighted by molar-refractivity contribution is 14.1. The molecule has 0 aromatic heterocycles. The predicted molar refractivity (Wildman–Crippen MR) is 59.9 cm³/mol. The number of ether oxygens (including phenoxy) is 2. The summed E-state index contributed by atoms with van der Waals surface area (Å²) in [4.78, 5) is 0. The molecule has 2 fully saturated rings. The molecule has 0 unspecified atom stereocenters. The molecule has 2 radical (unpaired) electrons. The average Bonchev–Trinajstić information content (AvgIpc) is 2.87. The van der Waals surface area contributed by atoms with Crippen molar-refractivity contribution in [3.05, 3.63) is 0 Å². The van der Waals surface area contributed by atoms with E-state index >= 15 is 0 Å². The zero-order valence-corrected chi connectivity index (χ0v) is 10.7. The molecule has 0 N–H and O–H groups in total. The van der Waals surface area contributed by atoms with Gasteiger partial charge in [-0.2, -0.15) is 0 Å². The van der Waals surface area contributed by atoms with Crippen LogP contribution in [0.2, 0.25) is 0 Å². The van der Waals surface area contributed by atoms with Crippen LogP contribution >= 0.6 is 20.3 Å². The first-order valence-corrected chi connectivity index (χ1v) is 8.55. The minimum absolute atomic E-state index is 1.00. The standard InChI is InChI=1S/2C4H8O.Al.HI/c2*1-2-4-5-3-1;;/h2*1-4H2;;1H/q;;+1;/p-1. The van der Waals surface area contributed by atoms with E-state index in [1.54, 1.807) is 0 Å². The van der Waals surface area contributed by atoms with Crippen LogP contribution in [0.15, 0.2) is 0 Å². The summed E-state index contributed by atoms with van der Waals surface area (Å²) >= 11 is 4.45. The highest BCUT2D eigenvalue weighted by Gasteiger charge is 1.95. The molecule has 0 spiro atoms. The van der Waals surface area contributed by atoms with E-state index in [0.717, 1.165) is 26.4 Å². The second-order valence-corrected chi connectivity index (χ2v) is 2.64. The van der Waals surface area contributed by atoms with Crippen LogP contribution in [0.1, 0.15) is 25.7 Å². The van der Waals surface area contributed by atoms with Crippen molar-refractivity contribution in [1.82, 2.24) is 0 Å². The molecule has 0 aromatic rings. The molecule has 0 bridgehead atoms. The maximum absolute atomic E-state index is 4.94. The normalized spacial score (nSPS) is 20.4. The Morgan fingerprint density at radius 1 is 0.667 bits per heavy atom. The summed E-state index contributed by atoms with van der Waals surface area (Å²) < 4.78 is 9.89. The molecule has 0 atom stereocenters. The lowest BCUT2D eigenvalue weighted by Gasteiger charge is -1.76. The Morgan fingerprint density at radius 3 is 1.00 bits per heavy atom. The number of hydrogen-bond donors (Lipinski definition) is 0. The van der Waals surface area contributed by atoms with E-state index in [4.69, 9.17) is 9.47 Å². The van der Waals surface area contributed by atoms with Gasteiger partial charge >= 0.3 is 0 Å². The summed E-state index contributed by atoms with van der Waals surface area (Å²) in [6, 6.07) is 0. The second kappa shape index (κ2) is 12.2. The molecule has 4 heteroatoms. The van der Waals surface area contributed by atoms with Gasteiger partial charge in [0.05, 0.1) is 0 Å². The van der Waals surface area contributed by atoms with Gasteiger partial charge in [-0.15, -0.1) is 0 Å². The average molecular weight is 298 g/mol. The van der Waals surface area contributed by atoms with E-state index in [9.17, 15) is 0 Å². The van der Waals surface area contributed by atoms with Crippen LogP contribution in [-0.4, -0.2) is 39.4 Å². The molecule has 2 nitrogen and oxygen atoms in total. The van der Waals surface area contributed by atoms with Crippen LogP contribution in [0.4, 0.5) is 0 Å². The topological polar surface area (TPSA) is 18.5 Å². The summed E-state index contributed by atoms with van der Waals surface area (Å²) in [7, 11) is 0. The van der Waals surface area contributed by atoms with Crippen LogP contribution in [-0.2, 0) is 9.47 Å². The molecule has 2 saturated heterocycles. The van der Waals surface area contributed by atoms with Gasteiger partial charge < -0.3 is 9.47 Å². The third-order valence-corrected chi connectivity index (χ3v) is 1.65. The summed E-state index contributed by atoms with van der Waals surface area (Å²) in [5, 5.41) is 0. The molecule has 0 aliphatic carbocycles. The highest BCUT2D eigenvalue weighted by atomic mass is 127. The van der Waals surface area contributed by atoms with Gasteiger partial charge in [-0.3, -0.25) is 0 Å². The molecule has 0 amide bonds. The maximum atomic E-state index is 4.94. The largest absolute Gasteiger partial charge is 0.381 e. The van der Waals surface area contributed by atoms with Crippen molar-refractivity contribution in [2.24, 2.45) is 0 Å². The van der Waals surface area contributed by atoms with Crippen LogP contribution < -0.4 is 0 Å². The third kappa shape index (κ3) is 9.27. The Morgan fingerprint density at radius 2 is 0.917 bits per heavy atom. The Hall–Kier alpha value is 1.18. The second-order valence-electron chi connectivity index (χ2n) is 2.64. The predicted octanol–water partition coefficient (Wildman–Crippen LogP) is 2.10. The van der Waals surface area contributed by atoms with Gasteiger partial charge in [-0.1, -0.05) is 0 Å². The van der Waals surface area contributed by atoms with Crippen LogP contribution in [0, 0.1) is 0 Å². The molecule has 70 valence electrons. The summed E-state index contributed by atoms with van der Waals surface area (Å²) in [6.07, 6.45) is 5.11. The minimum Gasteiger partial charge on any atom is -0.381 e. The Labute approximate surface area is 94.5 Å². The monoisotopic (exact) mass is 298 g/mol. The fourth-order valence-electron chi connectivity index (χ4n) is 1.02. The first-order chi connectivity index (χ1) is 6.00. The number of halogens is 1. The van der Waals surface area contributed by atoms with Gasteiger partial charge in [0.1, 0.15) is 0 Å². The van der Waals surface area contributed by atoms with Crippen molar-refractivity contribution in [1.29, 1.82) is 0 Å². The number of rotatable bonds is 0. The van der Waals surface area contributed by atoms with Crippen LogP contribution in [0.5, 0.6) is 0 Å². The van der Waals surface area contributed by atoms with Gasteiger partial charge in [0.2, 0.25) is 13.0 Å². The van der Waals surface area contributed by atoms with E-state index in [1.165, 1.54) is 25.7 Å². The minimum atomic E-state index is 1.00. The third-order valence-electron chi connectivity index (χ3n) is 1.65. The van der Waals surface area contributed by atoms with Crippen molar-refractivity contribution in [2.45, 2.75) is 25.7 Å². The summed E-state index contributed by atoms with van der Waals surface area (Å²) in [5.74, 6) is 0. The van der Waals surface area contributed by atoms with Gasteiger partial charge in [-0.05, 0) is 25.7 Å². The van der Waals surface area contributed by atoms with Crippen molar-refractivity contribution in [3.8, 4) is 0 Å². The van der Waals surface area contributed by atoms with Gasteiger partial charge in [0.25, 0.3) is 0 Å². The maximum Gasteiger partial charge on any atom is 0.243 e. The van der Waals surface area contributed by atoms with Crippen molar-refractivity contribution in [3.63, 3.8) is 0 Å². The molecular weight excluding hydrogens is 282 g/mol. The van der Waals surface area contributed by atoms with Crippen LogP contribution in [0.3, 0.4) is 0 Å². The van der Waals surface area contributed by atoms with E-state index in [1.807, 2.05) is 0 Å². The zero-order chi connectivity index (χ0) is 9.07. The van der Waals surface area contributed by atoms with E-state index in [-0.39, 0.29) is 0 Å².